The summed E-state index contributed by atoms with van der Waals surface area (Å²) in [6.07, 6.45) is 1.96. The third-order valence-corrected chi connectivity index (χ3v) is 4.96. The molecule has 1 heterocycles. The lowest BCUT2D eigenvalue weighted by atomic mass is 10.1. The van der Waals surface area contributed by atoms with E-state index in [9.17, 15) is 8.42 Å². The highest BCUT2D eigenvalue weighted by Crippen LogP contribution is 2.12. The molecule has 4 N–H and O–H groups in total. The molecule has 0 aromatic heterocycles. The van der Waals surface area contributed by atoms with Crippen molar-refractivity contribution >= 4 is 16.0 Å². The number of nitrogens with one attached hydrogen (secondary N) is 2. The van der Waals surface area contributed by atoms with Crippen LogP contribution in [0.3, 0.4) is 0 Å². The molecular weight excluding hydrogens is 356 g/mol. The van der Waals surface area contributed by atoms with Crippen LogP contribution in [0.2, 0.25) is 0 Å². The highest BCUT2D eigenvalue weighted by molar-refractivity contribution is 7.89. The average Bonchev–Trinajstić information content (AvgIpc) is 3.13. The summed E-state index contributed by atoms with van der Waals surface area (Å²) in [4.78, 5) is 4.25. The van der Waals surface area contributed by atoms with Crippen LogP contribution in [0.5, 0.6) is 0 Å². The zero-order valence-corrected chi connectivity index (χ0v) is 15.9. The fraction of sp³-hybridized carbons (Fsp3) is 0.588. The number of hydrogen-bond donors (Lipinski definition) is 3. The van der Waals surface area contributed by atoms with Crippen molar-refractivity contribution in [3.8, 4) is 0 Å². The third-order valence-electron chi connectivity index (χ3n) is 4.05. The zero-order valence-electron chi connectivity index (χ0n) is 15.1. The van der Waals surface area contributed by atoms with Gasteiger partial charge >= 0.3 is 0 Å². The molecule has 1 saturated heterocycles. The number of guanidine groups is 1. The Kier molecular flexibility index (Phi) is 8.30. The van der Waals surface area contributed by atoms with Gasteiger partial charge in [0.25, 0.3) is 0 Å². The van der Waals surface area contributed by atoms with Crippen molar-refractivity contribution in [2.75, 3.05) is 40.0 Å². The molecule has 146 valence electrons. The number of aliphatic imine (C=N–C) groups is 1. The van der Waals surface area contributed by atoms with Gasteiger partial charge in [0.15, 0.2) is 5.96 Å². The Bertz CT molecular complexity index is 688. The quantitative estimate of drug-likeness (QED) is 0.323. The molecule has 1 fully saturated rings. The van der Waals surface area contributed by atoms with E-state index in [1.165, 1.54) is 6.07 Å². The second kappa shape index (κ2) is 10.5. The van der Waals surface area contributed by atoms with E-state index in [-0.39, 0.29) is 4.90 Å². The number of primary sulfonamides is 1. The van der Waals surface area contributed by atoms with E-state index >= 15 is 0 Å². The Morgan fingerprint density at radius 1 is 1.42 bits per heavy atom. The van der Waals surface area contributed by atoms with Gasteiger partial charge in [-0.25, -0.2) is 13.6 Å². The molecule has 2 rings (SSSR count). The molecule has 1 aliphatic heterocycles. The van der Waals surface area contributed by atoms with Crippen LogP contribution < -0.4 is 15.8 Å². The van der Waals surface area contributed by atoms with Gasteiger partial charge in [0.05, 0.1) is 18.1 Å². The second-order valence-electron chi connectivity index (χ2n) is 6.20. The third kappa shape index (κ3) is 7.28. The van der Waals surface area contributed by atoms with E-state index < -0.39 is 10.0 Å². The van der Waals surface area contributed by atoms with Gasteiger partial charge in [-0.05, 0) is 30.5 Å². The van der Waals surface area contributed by atoms with E-state index in [1.807, 2.05) is 6.07 Å². The summed E-state index contributed by atoms with van der Waals surface area (Å²) in [5, 5.41) is 11.5. The summed E-state index contributed by atoms with van der Waals surface area (Å²) in [7, 11) is -2.01. The molecule has 1 aromatic rings. The molecule has 8 nitrogen and oxygen atoms in total. The molecule has 26 heavy (non-hydrogen) atoms. The van der Waals surface area contributed by atoms with Gasteiger partial charge in [0.2, 0.25) is 10.0 Å². The Balaban J connectivity index is 1.64. The van der Waals surface area contributed by atoms with Crippen LogP contribution in [0.25, 0.3) is 0 Å². The molecule has 1 aliphatic rings. The van der Waals surface area contributed by atoms with Gasteiger partial charge in [0.1, 0.15) is 0 Å². The van der Waals surface area contributed by atoms with E-state index in [0.29, 0.717) is 25.0 Å². The normalized spacial score (nSPS) is 18.1. The van der Waals surface area contributed by atoms with Crippen LogP contribution in [-0.4, -0.2) is 54.4 Å². The Hall–Kier alpha value is -1.68. The van der Waals surface area contributed by atoms with Crippen LogP contribution in [0.1, 0.15) is 18.4 Å². The zero-order chi connectivity index (χ0) is 18.8. The Morgan fingerprint density at radius 3 is 2.96 bits per heavy atom. The SMILES string of the molecule is CN=C(NCCCOCC1CCOC1)NCc1cccc(S(N)(=O)=O)c1. The number of ether oxygens (including phenoxy) is 2. The molecule has 1 aromatic carbocycles. The minimum atomic E-state index is -3.69. The van der Waals surface area contributed by atoms with Crippen LogP contribution in [0.4, 0.5) is 0 Å². The average molecular weight is 385 g/mol. The highest BCUT2D eigenvalue weighted by Gasteiger charge is 2.15. The van der Waals surface area contributed by atoms with Gasteiger partial charge in [0, 0.05) is 39.3 Å². The Labute approximate surface area is 155 Å². The molecule has 0 radical (unpaired) electrons. The first kappa shape index (κ1) is 20.6. The highest BCUT2D eigenvalue weighted by atomic mass is 32.2. The first-order valence-electron chi connectivity index (χ1n) is 8.71. The van der Waals surface area contributed by atoms with E-state index in [2.05, 4.69) is 15.6 Å². The molecule has 0 aliphatic carbocycles. The molecule has 9 heteroatoms. The number of nitrogens with two attached hydrogens (primary N) is 1. The lowest BCUT2D eigenvalue weighted by Gasteiger charge is -2.13. The standard InChI is InChI=1S/C17H28N4O4S/c1-19-17(20-7-3-8-24-12-15-6-9-25-13-15)21-11-14-4-2-5-16(10-14)26(18,22)23/h2,4-5,10,15H,3,6-9,11-13H2,1H3,(H2,18,22,23)(H2,19,20,21). The van der Waals surface area contributed by atoms with Gasteiger partial charge in [-0.15, -0.1) is 0 Å². The van der Waals surface area contributed by atoms with Crippen molar-refractivity contribution in [2.24, 2.45) is 16.0 Å². The molecular formula is C17H28N4O4S. The topological polar surface area (TPSA) is 115 Å². The van der Waals surface area contributed by atoms with E-state index in [1.54, 1.807) is 19.2 Å². The molecule has 0 saturated carbocycles. The molecule has 0 bridgehead atoms. The first-order valence-corrected chi connectivity index (χ1v) is 10.3. The van der Waals surface area contributed by atoms with Gasteiger partial charge in [-0.1, -0.05) is 12.1 Å². The predicted octanol–water partition coefficient (Wildman–Crippen LogP) is 0.442. The minimum absolute atomic E-state index is 0.101. The van der Waals surface area contributed by atoms with Crippen LogP contribution in [0, 0.1) is 5.92 Å². The van der Waals surface area contributed by atoms with Crippen LogP contribution >= 0.6 is 0 Å². The van der Waals surface area contributed by atoms with Gasteiger partial charge < -0.3 is 20.1 Å². The summed E-state index contributed by atoms with van der Waals surface area (Å²) < 4.78 is 33.8. The number of hydrogen-bond acceptors (Lipinski definition) is 5. The number of nitrogens with zero attached hydrogens (tertiary/aromatic N) is 1. The van der Waals surface area contributed by atoms with Crippen molar-refractivity contribution in [1.82, 2.24) is 10.6 Å². The second-order valence-corrected chi connectivity index (χ2v) is 7.76. The van der Waals surface area contributed by atoms with Crippen molar-refractivity contribution < 1.29 is 17.9 Å². The number of sulfonamides is 1. The van der Waals surface area contributed by atoms with Gasteiger partial charge in [-0.2, -0.15) is 0 Å². The maximum absolute atomic E-state index is 11.4. The first-order chi connectivity index (χ1) is 12.5. The number of rotatable bonds is 9. The molecule has 0 amide bonds. The fourth-order valence-corrected chi connectivity index (χ4v) is 3.17. The molecule has 1 unspecified atom stereocenters. The summed E-state index contributed by atoms with van der Waals surface area (Å²) in [6.45, 7) is 4.28. The van der Waals surface area contributed by atoms with Crippen molar-refractivity contribution in [1.29, 1.82) is 0 Å². The summed E-state index contributed by atoms with van der Waals surface area (Å²) in [6, 6.07) is 6.52. The smallest absolute Gasteiger partial charge is 0.238 e. The maximum Gasteiger partial charge on any atom is 0.238 e. The summed E-state index contributed by atoms with van der Waals surface area (Å²) in [5.74, 6) is 1.18. The monoisotopic (exact) mass is 384 g/mol. The van der Waals surface area contributed by atoms with Crippen LogP contribution in [-0.2, 0) is 26.0 Å². The summed E-state index contributed by atoms with van der Waals surface area (Å²) >= 11 is 0. The van der Waals surface area contributed by atoms with Crippen LogP contribution in [0.15, 0.2) is 34.2 Å². The minimum Gasteiger partial charge on any atom is -0.381 e. The van der Waals surface area contributed by atoms with E-state index in [4.69, 9.17) is 14.6 Å². The lowest BCUT2D eigenvalue weighted by molar-refractivity contribution is 0.0888. The largest absolute Gasteiger partial charge is 0.381 e. The predicted molar refractivity (Wildman–Crippen MR) is 100 cm³/mol. The lowest BCUT2D eigenvalue weighted by Crippen LogP contribution is -2.37. The van der Waals surface area contributed by atoms with E-state index in [0.717, 1.165) is 44.8 Å². The fourth-order valence-electron chi connectivity index (χ4n) is 2.58. The number of benzene rings is 1. The molecule has 1 atom stereocenters. The van der Waals surface area contributed by atoms with Crippen molar-refractivity contribution in [2.45, 2.75) is 24.3 Å². The van der Waals surface area contributed by atoms with Crippen molar-refractivity contribution in [3.05, 3.63) is 29.8 Å². The maximum atomic E-state index is 11.4. The van der Waals surface area contributed by atoms with Crippen molar-refractivity contribution in [3.63, 3.8) is 0 Å². The van der Waals surface area contributed by atoms with Gasteiger partial charge in [-0.3, -0.25) is 4.99 Å². The Morgan fingerprint density at radius 2 is 2.27 bits per heavy atom. The molecule has 0 spiro atoms. The summed E-state index contributed by atoms with van der Waals surface area (Å²) in [5.41, 5.74) is 0.807.